The first-order valence-corrected chi connectivity index (χ1v) is 7.28. The highest BCUT2D eigenvalue weighted by Gasteiger charge is 2.33. The van der Waals surface area contributed by atoms with Crippen molar-refractivity contribution in [1.82, 2.24) is 10.2 Å². The predicted molar refractivity (Wildman–Crippen MR) is 81.5 cm³/mol. The van der Waals surface area contributed by atoms with Crippen LogP contribution in [0.2, 0.25) is 0 Å². The van der Waals surface area contributed by atoms with Crippen LogP contribution in [0.5, 0.6) is 0 Å². The maximum Gasteiger partial charge on any atom is 0.234 e. The Morgan fingerprint density at radius 1 is 1.29 bits per heavy atom. The molecule has 2 amide bonds. The summed E-state index contributed by atoms with van der Waals surface area (Å²) in [4.78, 5) is 24.6. The van der Waals surface area contributed by atoms with Crippen LogP contribution in [0.1, 0.15) is 30.0 Å². The van der Waals surface area contributed by atoms with Gasteiger partial charge in [-0.15, -0.1) is 0 Å². The van der Waals surface area contributed by atoms with Crippen LogP contribution >= 0.6 is 0 Å². The first-order chi connectivity index (χ1) is 9.95. The summed E-state index contributed by atoms with van der Waals surface area (Å²) < 4.78 is 0. The minimum absolute atomic E-state index is 0.0695. The standard InChI is InChI=1S/C16H23N3O2/c1-11-3-5-12(6-4-11)16(13-7-8-13)18-15(21)10-19(2)9-14(17)20/h3-6,13,16H,7-10H2,1-2H3,(H2,17,20)(H,18,21). The molecular weight excluding hydrogens is 266 g/mol. The van der Waals surface area contributed by atoms with E-state index in [0.29, 0.717) is 5.92 Å². The van der Waals surface area contributed by atoms with Crippen molar-refractivity contribution < 1.29 is 9.59 Å². The van der Waals surface area contributed by atoms with Gasteiger partial charge in [-0.3, -0.25) is 14.5 Å². The lowest BCUT2D eigenvalue weighted by molar-refractivity contribution is -0.124. The van der Waals surface area contributed by atoms with Gasteiger partial charge in [0.2, 0.25) is 11.8 Å². The molecule has 114 valence electrons. The number of hydrogen-bond donors (Lipinski definition) is 2. The van der Waals surface area contributed by atoms with Crippen molar-refractivity contribution in [3.63, 3.8) is 0 Å². The molecule has 0 aromatic heterocycles. The molecule has 5 nitrogen and oxygen atoms in total. The van der Waals surface area contributed by atoms with Crippen LogP contribution in [-0.4, -0.2) is 36.9 Å². The van der Waals surface area contributed by atoms with Crippen molar-refractivity contribution >= 4 is 11.8 Å². The number of hydrogen-bond acceptors (Lipinski definition) is 3. The molecule has 0 bridgehead atoms. The number of rotatable bonds is 7. The highest BCUT2D eigenvalue weighted by Crippen LogP contribution is 2.40. The molecule has 21 heavy (non-hydrogen) atoms. The van der Waals surface area contributed by atoms with E-state index in [2.05, 4.69) is 29.6 Å². The maximum absolute atomic E-state index is 12.1. The number of amides is 2. The van der Waals surface area contributed by atoms with E-state index in [1.807, 2.05) is 6.92 Å². The Labute approximate surface area is 125 Å². The fraction of sp³-hybridized carbons (Fsp3) is 0.500. The Hall–Kier alpha value is -1.88. The maximum atomic E-state index is 12.1. The van der Waals surface area contributed by atoms with E-state index in [1.54, 1.807) is 11.9 Å². The molecule has 5 heteroatoms. The molecule has 1 fully saturated rings. The summed E-state index contributed by atoms with van der Waals surface area (Å²) in [5.41, 5.74) is 7.48. The average molecular weight is 289 g/mol. The second kappa shape index (κ2) is 6.72. The van der Waals surface area contributed by atoms with E-state index in [9.17, 15) is 9.59 Å². The molecule has 3 N–H and O–H groups in total. The van der Waals surface area contributed by atoms with Gasteiger partial charge in [0.1, 0.15) is 0 Å². The largest absolute Gasteiger partial charge is 0.369 e. The van der Waals surface area contributed by atoms with Crippen LogP contribution in [-0.2, 0) is 9.59 Å². The fourth-order valence-corrected chi connectivity index (χ4v) is 2.46. The lowest BCUT2D eigenvalue weighted by atomic mass is 10.0. The molecule has 1 saturated carbocycles. The summed E-state index contributed by atoms with van der Waals surface area (Å²) in [7, 11) is 1.71. The number of benzene rings is 1. The van der Waals surface area contributed by atoms with Crippen molar-refractivity contribution in [2.75, 3.05) is 20.1 Å². The third-order valence-electron chi connectivity index (χ3n) is 3.69. The fourth-order valence-electron chi connectivity index (χ4n) is 2.46. The molecular formula is C16H23N3O2. The molecule has 1 aromatic carbocycles. The Morgan fingerprint density at radius 2 is 1.90 bits per heavy atom. The van der Waals surface area contributed by atoms with Gasteiger partial charge in [-0.2, -0.15) is 0 Å². The van der Waals surface area contributed by atoms with Crippen LogP contribution in [0.25, 0.3) is 0 Å². The number of nitrogens with two attached hydrogens (primary N) is 1. The van der Waals surface area contributed by atoms with Crippen LogP contribution in [0.15, 0.2) is 24.3 Å². The molecule has 0 saturated heterocycles. The average Bonchev–Trinajstić information content (AvgIpc) is 3.20. The lowest BCUT2D eigenvalue weighted by Crippen LogP contribution is -2.40. The summed E-state index contributed by atoms with van der Waals surface area (Å²) in [6.45, 7) is 2.32. The zero-order valence-electron chi connectivity index (χ0n) is 12.6. The topological polar surface area (TPSA) is 75.4 Å². The van der Waals surface area contributed by atoms with Gasteiger partial charge in [-0.1, -0.05) is 29.8 Å². The summed E-state index contributed by atoms with van der Waals surface area (Å²) in [6, 6.07) is 8.35. The Morgan fingerprint density at radius 3 is 2.43 bits per heavy atom. The van der Waals surface area contributed by atoms with E-state index >= 15 is 0 Å². The molecule has 1 aromatic rings. The van der Waals surface area contributed by atoms with Crippen molar-refractivity contribution in [2.24, 2.45) is 11.7 Å². The molecule has 1 atom stereocenters. The summed E-state index contributed by atoms with van der Waals surface area (Å²) in [6.07, 6.45) is 2.30. The number of primary amides is 1. The van der Waals surface area contributed by atoms with Gasteiger partial charge in [0.25, 0.3) is 0 Å². The Bertz CT molecular complexity index is 509. The second-order valence-corrected chi connectivity index (χ2v) is 5.93. The number of carbonyl (C=O) groups is 2. The van der Waals surface area contributed by atoms with Gasteiger partial charge in [-0.25, -0.2) is 0 Å². The Kier molecular flexibility index (Phi) is 4.96. The number of aryl methyl sites for hydroxylation is 1. The van der Waals surface area contributed by atoms with E-state index in [1.165, 1.54) is 5.56 Å². The van der Waals surface area contributed by atoms with Gasteiger partial charge in [0.15, 0.2) is 0 Å². The lowest BCUT2D eigenvalue weighted by Gasteiger charge is -2.21. The third kappa shape index (κ3) is 4.86. The smallest absolute Gasteiger partial charge is 0.234 e. The van der Waals surface area contributed by atoms with E-state index < -0.39 is 5.91 Å². The molecule has 1 unspecified atom stereocenters. The van der Waals surface area contributed by atoms with E-state index in [-0.39, 0.29) is 25.0 Å². The quantitative estimate of drug-likeness (QED) is 0.785. The monoisotopic (exact) mass is 289 g/mol. The summed E-state index contributed by atoms with van der Waals surface area (Å²) in [5.74, 6) is 0.0249. The molecule has 0 spiro atoms. The van der Waals surface area contributed by atoms with Gasteiger partial charge in [0.05, 0.1) is 19.1 Å². The molecule has 0 radical (unpaired) electrons. The second-order valence-electron chi connectivity index (χ2n) is 5.93. The summed E-state index contributed by atoms with van der Waals surface area (Å²) in [5, 5.41) is 3.09. The van der Waals surface area contributed by atoms with Crippen LogP contribution < -0.4 is 11.1 Å². The van der Waals surface area contributed by atoms with Gasteiger partial charge in [0, 0.05) is 0 Å². The molecule has 0 aliphatic heterocycles. The number of nitrogens with zero attached hydrogens (tertiary/aromatic N) is 1. The molecule has 0 heterocycles. The first-order valence-electron chi connectivity index (χ1n) is 7.28. The van der Waals surface area contributed by atoms with Crippen LogP contribution in [0.3, 0.4) is 0 Å². The van der Waals surface area contributed by atoms with Crippen molar-refractivity contribution in [3.05, 3.63) is 35.4 Å². The minimum atomic E-state index is -0.428. The zero-order chi connectivity index (χ0) is 15.4. The number of likely N-dealkylation sites (N-methyl/N-ethyl adjacent to an activating group) is 1. The molecule has 1 aliphatic carbocycles. The van der Waals surface area contributed by atoms with E-state index in [4.69, 9.17) is 5.73 Å². The van der Waals surface area contributed by atoms with Gasteiger partial charge in [-0.05, 0) is 38.3 Å². The van der Waals surface area contributed by atoms with Crippen LogP contribution in [0, 0.1) is 12.8 Å². The highest BCUT2D eigenvalue weighted by molar-refractivity contribution is 5.80. The Balaban J connectivity index is 1.95. The normalized spacial score (nSPS) is 15.8. The SMILES string of the molecule is Cc1ccc(C(NC(=O)CN(C)CC(N)=O)C2CC2)cc1. The predicted octanol–water partition coefficient (Wildman–Crippen LogP) is 0.979. The number of carbonyl (C=O) groups excluding carboxylic acids is 2. The van der Waals surface area contributed by atoms with Crippen LogP contribution in [0.4, 0.5) is 0 Å². The van der Waals surface area contributed by atoms with Gasteiger partial charge >= 0.3 is 0 Å². The molecule has 2 rings (SSSR count). The van der Waals surface area contributed by atoms with Crippen molar-refractivity contribution in [2.45, 2.75) is 25.8 Å². The zero-order valence-corrected chi connectivity index (χ0v) is 12.6. The van der Waals surface area contributed by atoms with Gasteiger partial charge < -0.3 is 11.1 Å². The third-order valence-corrected chi connectivity index (χ3v) is 3.69. The highest BCUT2D eigenvalue weighted by atomic mass is 16.2. The number of nitrogens with one attached hydrogen (secondary N) is 1. The van der Waals surface area contributed by atoms with Crippen molar-refractivity contribution in [3.8, 4) is 0 Å². The first kappa shape index (κ1) is 15.5. The van der Waals surface area contributed by atoms with E-state index in [0.717, 1.165) is 18.4 Å². The van der Waals surface area contributed by atoms with Crippen molar-refractivity contribution in [1.29, 1.82) is 0 Å². The minimum Gasteiger partial charge on any atom is -0.369 e. The summed E-state index contributed by atoms with van der Waals surface area (Å²) >= 11 is 0. The molecule has 1 aliphatic rings.